The lowest BCUT2D eigenvalue weighted by molar-refractivity contribution is 0.0299. The predicted molar refractivity (Wildman–Crippen MR) is 83.4 cm³/mol. The fraction of sp³-hybridized carbons (Fsp3) is 0.562. The van der Waals surface area contributed by atoms with Gasteiger partial charge in [-0.3, -0.25) is 0 Å². The van der Waals surface area contributed by atoms with Crippen LogP contribution in [0.1, 0.15) is 39.3 Å². The molecule has 0 spiro atoms. The van der Waals surface area contributed by atoms with Crippen LogP contribution in [0.4, 0.5) is 4.79 Å². The molecule has 1 atom stereocenters. The maximum Gasteiger partial charge on any atom is 0.410 e. The maximum absolute atomic E-state index is 11.8. The van der Waals surface area contributed by atoms with Gasteiger partial charge in [-0.05, 0) is 45.4 Å². The minimum absolute atomic E-state index is 0.101. The van der Waals surface area contributed by atoms with E-state index in [0.29, 0.717) is 13.1 Å². The van der Waals surface area contributed by atoms with E-state index in [1.807, 2.05) is 39.8 Å². The number of carbonyl (C=O) groups excluding carboxylic acids is 1. The number of benzene rings is 1. The summed E-state index contributed by atoms with van der Waals surface area (Å²) in [5, 5.41) is 12.8. The van der Waals surface area contributed by atoms with Crippen molar-refractivity contribution in [2.24, 2.45) is 0 Å². The molecule has 0 aliphatic rings. The van der Waals surface area contributed by atoms with Crippen molar-refractivity contribution in [3.63, 3.8) is 0 Å². The number of likely N-dealkylation sites (N-methyl/N-ethyl adjacent to an activating group) is 1. The molecule has 1 amide bonds. The van der Waals surface area contributed by atoms with Crippen molar-refractivity contribution in [2.75, 3.05) is 20.1 Å². The zero-order valence-corrected chi connectivity index (χ0v) is 13.5. The van der Waals surface area contributed by atoms with Crippen molar-refractivity contribution in [1.82, 2.24) is 10.2 Å². The average Bonchev–Trinajstić information content (AvgIpc) is 2.36. The van der Waals surface area contributed by atoms with Crippen molar-refractivity contribution >= 4 is 6.09 Å². The number of hydrogen-bond donors (Lipinski definition) is 2. The van der Waals surface area contributed by atoms with Crippen LogP contribution < -0.4 is 5.32 Å². The highest BCUT2D eigenvalue weighted by molar-refractivity contribution is 5.67. The molecule has 0 aromatic heterocycles. The van der Waals surface area contributed by atoms with Gasteiger partial charge in [0, 0.05) is 26.2 Å². The zero-order chi connectivity index (χ0) is 16.0. The number of phenolic OH excluding ortho intramolecular Hbond substituents is 1. The highest BCUT2D eigenvalue weighted by Crippen LogP contribution is 2.17. The molecule has 1 aromatic rings. The number of nitrogens with one attached hydrogen (secondary N) is 1. The molecule has 1 unspecified atom stereocenters. The Morgan fingerprint density at radius 1 is 1.43 bits per heavy atom. The molecule has 0 saturated carbocycles. The van der Waals surface area contributed by atoms with Gasteiger partial charge in [0.15, 0.2) is 0 Å². The van der Waals surface area contributed by atoms with E-state index in [0.717, 1.165) is 5.56 Å². The molecule has 0 radical (unpaired) electrons. The third-order valence-corrected chi connectivity index (χ3v) is 2.97. The topological polar surface area (TPSA) is 61.8 Å². The van der Waals surface area contributed by atoms with E-state index < -0.39 is 5.60 Å². The average molecular weight is 294 g/mol. The molecule has 0 fully saturated rings. The number of nitrogens with zero attached hydrogens (tertiary/aromatic N) is 1. The summed E-state index contributed by atoms with van der Waals surface area (Å²) in [5.41, 5.74) is 0.531. The van der Waals surface area contributed by atoms with Crippen LogP contribution in [0.25, 0.3) is 0 Å². The summed E-state index contributed by atoms with van der Waals surface area (Å²) in [7, 11) is 1.72. The molecule has 0 aliphatic carbocycles. The Morgan fingerprint density at radius 3 is 2.67 bits per heavy atom. The third-order valence-electron chi connectivity index (χ3n) is 2.97. The highest BCUT2D eigenvalue weighted by atomic mass is 16.6. The fourth-order valence-corrected chi connectivity index (χ4v) is 1.79. The Bertz CT molecular complexity index is 469. The van der Waals surface area contributed by atoms with Crippen molar-refractivity contribution in [2.45, 2.75) is 39.3 Å². The van der Waals surface area contributed by atoms with E-state index in [1.165, 1.54) is 0 Å². The van der Waals surface area contributed by atoms with Gasteiger partial charge in [0.1, 0.15) is 11.4 Å². The minimum atomic E-state index is -0.479. The second kappa shape index (κ2) is 7.31. The Labute approximate surface area is 126 Å². The Hall–Kier alpha value is -1.75. The number of hydrogen-bond acceptors (Lipinski definition) is 4. The van der Waals surface area contributed by atoms with Crippen LogP contribution in [0, 0.1) is 0 Å². The molecular formula is C16H26N2O3. The summed E-state index contributed by atoms with van der Waals surface area (Å²) in [6, 6.07) is 7.25. The fourth-order valence-electron chi connectivity index (χ4n) is 1.79. The largest absolute Gasteiger partial charge is 0.508 e. The van der Waals surface area contributed by atoms with Crippen LogP contribution in [-0.4, -0.2) is 41.8 Å². The van der Waals surface area contributed by atoms with Gasteiger partial charge in [0.25, 0.3) is 0 Å². The first-order valence-corrected chi connectivity index (χ1v) is 7.15. The Morgan fingerprint density at radius 2 is 2.10 bits per heavy atom. The van der Waals surface area contributed by atoms with Crippen LogP contribution in [0.15, 0.2) is 24.3 Å². The zero-order valence-electron chi connectivity index (χ0n) is 13.5. The van der Waals surface area contributed by atoms with E-state index in [2.05, 4.69) is 5.32 Å². The SMILES string of the molecule is CC(NCCN(C)C(=O)OC(C)(C)C)c1cccc(O)c1. The van der Waals surface area contributed by atoms with E-state index in [4.69, 9.17) is 4.74 Å². The third kappa shape index (κ3) is 6.49. The first-order valence-electron chi connectivity index (χ1n) is 7.15. The van der Waals surface area contributed by atoms with E-state index >= 15 is 0 Å². The van der Waals surface area contributed by atoms with Gasteiger partial charge < -0.3 is 20.1 Å². The maximum atomic E-state index is 11.8. The van der Waals surface area contributed by atoms with Gasteiger partial charge in [0.05, 0.1) is 0 Å². The Balaban J connectivity index is 2.37. The van der Waals surface area contributed by atoms with Gasteiger partial charge in [-0.25, -0.2) is 4.79 Å². The van der Waals surface area contributed by atoms with Gasteiger partial charge in [-0.15, -0.1) is 0 Å². The monoisotopic (exact) mass is 294 g/mol. The lowest BCUT2D eigenvalue weighted by Crippen LogP contribution is -2.38. The molecule has 5 nitrogen and oxygen atoms in total. The normalized spacial score (nSPS) is 12.8. The number of phenols is 1. The smallest absolute Gasteiger partial charge is 0.410 e. The molecule has 0 aliphatic heterocycles. The van der Waals surface area contributed by atoms with Gasteiger partial charge in [-0.1, -0.05) is 12.1 Å². The van der Waals surface area contributed by atoms with Gasteiger partial charge in [-0.2, -0.15) is 0 Å². The second-order valence-corrected chi connectivity index (χ2v) is 6.17. The number of amides is 1. The summed E-state index contributed by atoms with van der Waals surface area (Å²) in [4.78, 5) is 13.3. The van der Waals surface area contributed by atoms with Gasteiger partial charge >= 0.3 is 6.09 Å². The Kier molecular flexibility index (Phi) is 6.03. The lowest BCUT2D eigenvalue weighted by atomic mass is 10.1. The summed E-state index contributed by atoms with van der Waals surface area (Å²) in [6.45, 7) is 8.76. The van der Waals surface area contributed by atoms with Crippen molar-refractivity contribution < 1.29 is 14.6 Å². The van der Waals surface area contributed by atoms with Crippen LogP contribution in [0.3, 0.4) is 0 Å². The molecule has 5 heteroatoms. The molecule has 21 heavy (non-hydrogen) atoms. The second-order valence-electron chi connectivity index (χ2n) is 6.17. The van der Waals surface area contributed by atoms with Crippen LogP contribution in [0.5, 0.6) is 5.75 Å². The van der Waals surface area contributed by atoms with Crippen molar-refractivity contribution in [1.29, 1.82) is 0 Å². The number of ether oxygens (including phenoxy) is 1. The highest BCUT2D eigenvalue weighted by Gasteiger charge is 2.19. The molecular weight excluding hydrogens is 268 g/mol. The first kappa shape index (κ1) is 17.3. The molecule has 0 heterocycles. The summed E-state index contributed by atoms with van der Waals surface area (Å²) < 4.78 is 5.28. The van der Waals surface area contributed by atoms with E-state index in [9.17, 15) is 9.90 Å². The molecule has 0 bridgehead atoms. The standard InChI is InChI=1S/C16H26N2O3/c1-12(13-7-6-8-14(19)11-13)17-9-10-18(5)15(20)21-16(2,3)4/h6-8,11-12,17,19H,9-10H2,1-5H3. The first-order chi connectivity index (χ1) is 9.69. The van der Waals surface area contributed by atoms with Crippen LogP contribution >= 0.6 is 0 Å². The predicted octanol–water partition coefficient (Wildman–Crippen LogP) is 2.91. The molecule has 2 N–H and O–H groups in total. The number of rotatable bonds is 5. The lowest BCUT2D eigenvalue weighted by Gasteiger charge is -2.25. The van der Waals surface area contributed by atoms with Gasteiger partial charge in [0.2, 0.25) is 0 Å². The quantitative estimate of drug-likeness (QED) is 0.876. The molecule has 1 aromatic carbocycles. The van der Waals surface area contributed by atoms with Crippen LogP contribution in [-0.2, 0) is 4.74 Å². The van der Waals surface area contributed by atoms with Crippen LogP contribution in [0.2, 0.25) is 0 Å². The van der Waals surface area contributed by atoms with E-state index in [1.54, 1.807) is 24.1 Å². The number of aromatic hydroxyl groups is 1. The molecule has 118 valence electrons. The summed E-state index contributed by atoms with van der Waals surface area (Å²) >= 11 is 0. The summed E-state index contributed by atoms with van der Waals surface area (Å²) in [6.07, 6.45) is -0.325. The molecule has 0 saturated heterocycles. The van der Waals surface area contributed by atoms with Crippen molar-refractivity contribution in [3.05, 3.63) is 29.8 Å². The number of carbonyl (C=O) groups is 1. The molecule has 1 rings (SSSR count). The summed E-state index contributed by atoms with van der Waals surface area (Å²) in [5.74, 6) is 0.257. The van der Waals surface area contributed by atoms with E-state index in [-0.39, 0.29) is 17.9 Å². The van der Waals surface area contributed by atoms with Crippen molar-refractivity contribution in [3.8, 4) is 5.75 Å². The minimum Gasteiger partial charge on any atom is -0.508 e.